The van der Waals surface area contributed by atoms with Crippen molar-refractivity contribution in [2.75, 3.05) is 32.1 Å². The lowest BCUT2D eigenvalue weighted by atomic mass is 10.3. The van der Waals surface area contributed by atoms with E-state index in [1.165, 1.54) is 7.11 Å². The zero-order valence-corrected chi connectivity index (χ0v) is 9.64. The van der Waals surface area contributed by atoms with Crippen LogP contribution in [0, 0.1) is 0 Å². The maximum absolute atomic E-state index is 11.3. The number of esters is 1. The summed E-state index contributed by atoms with van der Waals surface area (Å²) in [4.78, 5) is 17.3. The zero-order valence-electron chi connectivity index (χ0n) is 9.64. The van der Waals surface area contributed by atoms with Crippen molar-refractivity contribution >= 4 is 11.7 Å². The summed E-state index contributed by atoms with van der Waals surface area (Å²) in [7, 11) is 3.29. The summed E-state index contributed by atoms with van der Waals surface area (Å²) in [5.41, 5.74) is 6.69. The fourth-order valence-electron chi connectivity index (χ4n) is 1.33. The van der Waals surface area contributed by atoms with E-state index in [0.29, 0.717) is 12.2 Å². The predicted octanol–water partition coefficient (Wildman–Crippen LogP) is 0.653. The van der Waals surface area contributed by atoms with Crippen molar-refractivity contribution in [1.29, 1.82) is 0 Å². The van der Waals surface area contributed by atoms with E-state index in [9.17, 15) is 4.79 Å². The minimum absolute atomic E-state index is 0.319. The summed E-state index contributed by atoms with van der Waals surface area (Å²) in [6.45, 7) is 1.50. The fourth-order valence-corrected chi connectivity index (χ4v) is 1.33. The average Bonchev–Trinajstić information content (AvgIpc) is 2.35. The Morgan fingerprint density at radius 3 is 3.00 bits per heavy atom. The van der Waals surface area contributed by atoms with E-state index in [4.69, 9.17) is 5.73 Å². The van der Waals surface area contributed by atoms with Gasteiger partial charge in [0.05, 0.1) is 7.11 Å². The van der Waals surface area contributed by atoms with Crippen molar-refractivity contribution < 1.29 is 9.53 Å². The molecule has 0 aliphatic rings. The van der Waals surface area contributed by atoms with Gasteiger partial charge in [-0.05, 0) is 25.1 Å². The van der Waals surface area contributed by atoms with Crippen molar-refractivity contribution in [1.82, 2.24) is 4.98 Å². The Labute approximate surface area is 95.2 Å². The van der Waals surface area contributed by atoms with Gasteiger partial charge in [0.1, 0.15) is 5.69 Å². The maximum atomic E-state index is 11.3. The van der Waals surface area contributed by atoms with Gasteiger partial charge in [0.2, 0.25) is 0 Å². The molecule has 5 nitrogen and oxygen atoms in total. The van der Waals surface area contributed by atoms with Gasteiger partial charge in [-0.1, -0.05) is 0 Å². The summed E-state index contributed by atoms with van der Waals surface area (Å²) < 4.78 is 4.61. The van der Waals surface area contributed by atoms with E-state index in [1.54, 1.807) is 12.3 Å². The number of nitrogens with zero attached hydrogens (tertiary/aromatic N) is 2. The number of aromatic nitrogens is 1. The lowest BCUT2D eigenvalue weighted by Crippen LogP contribution is -2.21. The molecule has 0 bridgehead atoms. The molecule has 2 N–H and O–H groups in total. The van der Waals surface area contributed by atoms with Crippen LogP contribution in [0.2, 0.25) is 0 Å². The molecule has 5 heteroatoms. The number of anilines is 1. The summed E-state index contributed by atoms with van der Waals surface area (Å²) in [6, 6.07) is 3.56. The van der Waals surface area contributed by atoms with Crippen LogP contribution in [-0.4, -0.2) is 38.2 Å². The summed E-state index contributed by atoms with van der Waals surface area (Å²) in [5.74, 6) is -0.422. The van der Waals surface area contributed by atoms with E-state index in [-0.39, 0.29) is 0 Å². The Morgan fingerprint density at radius 1 is 1.62 bits per heavy atom. The molecule has 0 radical (unpaired) electrons. The average molecular weight is 223 g/mol. The van der Waals surface area contributed by atoms with Crippen LogP contribution in [0.1, 0.15) is 16.9 Å². The highest BCUT2D eigenvalue weighted by Gasteiger charge is 2.09. The third-order valence-corrected chi connectivity index (χ3v) is 2.28. The molecule has 0 saturated carbocycles. The largest absolute Gasteiger partial charge is 0.464 e. The summed E-state index contributed by atoms with van der Waals surface area (Å²) in [5, 5.41) is 0. The van der Waals surface area contributed by atoms with Gasteiger partial charge in [-0.25, -0.2) is 9.78 Å². The first-order valence-corrected chi connectivity index (χ1v) is 5.14. The second-order valence-corrected chi connectivity index (χ2v) is 3.45. The van der Waals surface area contributed by atoms with Crippen LogP contribution in [0.5, 0.6) is 0 Å². The second kappa shape index (κ2) is 6.07. The van der Waals surface area contributed by atoms with Gasteiger partial charge in [0.25, 0.3) is 0 Å². The molecule has 0 atom stereocenters. The van der Waals surface area contributed by atoms with Crippen molar-refractivity contribution in [2.45, 2.75) is 6.42 Å². The van der Waals surface area contributed by atoms with Crippen LogP contribution >= 0.6 is 0 Å². The monoisotopic (exact) mass is 223 g/mol. The molecular formula is C11H17N3O2. The molecule has 0 aliphatic heterocycles. The molecule has 1 heterocycles. The van der Waals surface area contributed by atoms with Gasteiger partial charge >= 0.3 is 5.97 Å². The third kappa shape index (κ3) is 3.20. The van der Waals surface area contributed by atoms with Crippen molar-refractivity contribution in [2.24, 2.45) is 5.73 Å². The molecule has 0 aromatic carbocycles. The normalized spacial score (nSPS) is 9.94. The van der Waals surface area contributed by atoms with Gasteiger partial charge in [-0.2, -0.15) is 0 Å². The van der Waals surface area contributed by atoms with Crippen LogP contribution in [0.15, 0.2) is 18.3 Å². The molecule has 0 saturated heterocycles. The topological polar surface area (TPSA) is 68.5 Å². The molecule has 1 aromatic rings. The molecule has 0 spiro atoms. The van der Waals surface area contributed by atoms with E-state index in [2.05, 4.69) is 9.72 Å². The van der Waals surface area contributed by atoms with Crippen LogP contribution in [0.3, 0.4) is 0 Å². The Hall–Kier alpha value is -1.62. The van der Waals surface area contributed by atoms with E-state index in [1.807, 2.05) is 18.0 Å². The highest BCUT2D eigenvalue weighted by Crippen LogP contribution is 2.13. The molecule has 1 aromatic heterocycles. The van der Waals surface area contributed by atoms with Gasteiger partial charge in [-0.3, -0.25) is 0 Å². The summed E-state index contributed by atoms with van der Waals surface area (Å²) >= 11 is 0. The fraction of sp³-hybridized carbons (Fsp3) is 0.455. The zero-order chi connectivity index (χ0) is 12.0. The Bertz CT molecular complexity index is 355. The molecule has 0 fully saturated rings. The van der Waals surface area contributed by atoms with E-state index in [0.717, 1.165) is 18.7 Å². The quantitative estimate of drug-likeness (QED) is 0.742. The minimum atomic E-state index is -0.422. The summed E-state index contributed by atoms with van der Waals surface area (Å²) in [6.07, 6.45) is 2.51. The first-order valence-electron chi connectivity index (χ1n) is 5.14. The molecule has 16 heavy (non-hydrogen) atoms. The number of ether oxygens (including phenoxy) is 1. The van der Waals surface area contributed by atoms with Crippen LogP contribution in [-0.2, 0) is 4.74 Å². The van der Waals surface area contributed by atoms with Crippen LogP contribution in [0.25, 0.3) is 0 Å². The van der Waals surface area contributed by atoms with Crippen LogP contribution < -0.4 is 10.6 Å². The number of carbonyl (C=O) groups excluding carboxylic acids is 1. The lowest BCUT2D eigenvalue weighted by Gasteiger charge is -2.18. The number of carbonyl (C=O) groups is 1. The molecular weight excluding hydrogens is 206 g/mol. The maximum Gasteiger partial charge on any atom is 0.356 e. The smallest absolute Gasteiger partial charge is 0.356 e. The predicted molar refractivity (Wildman–Crippen MR) is 62.5 cm³/mol. The van der Waals surface area contributed by atoms with Crippen molar-refractivity contribution in [3.05, 3.63) is 24.0 Å². The van der Waals surface area contributed by atoms with Crippen LogP contribution in [0.4, 0.5) is 5.69 Å². The first kappa shape index (κ1) is 12.4. The number of rotatable bonds is 5. The highest BCUT2D eigenvalue weighted by molar-refractivity contribution is 5.88. The third-order valence-electron chi connectivity index (χ3n) is 2.28. The molecule has 1 rings (SSSR count). The van der Waals surface area contributed by atoms with Crippen molar-refractivity contribution in [3.63, 3.8) is 0 Å². The van der Waals surface area contributed by atoms with Crippen molar-refractivity contribution in [3.8, 4) is 0 Å². The number of nitrogens with two attached hydrogens (primary N) is 1. The van der Waals surface area contributed by atoms with Gasteiger partial charge in [0, 0.05) is 25.5 Å². The molecule has 0 amide bonds. The number of methoxy groups -OCH3 is 1. The number of pyridine rings is 1. The van der Waals surface area contributed by atoms with E-state index >= 15 is 0 Å². The van der Waals surface area contributed by atoms with Gasteiger partial charge in [0.15, 0.2) is 0 Å². The highest BCUT2D eigenvalue weighted by atomic mass is 16.5. The molecule has 0 aliphatic carbocycles. The SMILES string of the molecule is COC(=O)c1cc(N(C)CCCN)ccn1. The second-order valence-electron chi connectivity index (χ2n) is 3.45. The van der Waals surface area contributed by atoms with Gasteiger partial charge in [-0.15, -0.1) is 0 Å². The minimum Gasteiger partial charge on any atom is -0.464 e. The lowest BCUT2D eigenvalue weighted by molar-refractivity contribution is 0.0594. The van der Waals surface area contributed by atoms with E-state index < -0.39 is 5.97 Å². The Balaban J connectivity index is 2.77. The number of hydrogen-bond acceptors (Lipinski definition) is 5. The first-order chi connectivity index (χ1) is 7.69. The molecule has 0 unspecified atom stereocenters. The Morgan fingerprint density at radius 2 is 2.38 bits per heavy atom. The standard InChI is InChI=1S/C11H17N3O2/c1-14(7-3-5-12)9-4-6-13-10(8-9)11(15)16-2/h4,6,8H,3,5,7,12H2,1-2H3. The Kier molecular flexibility index (Phi) is 4.72. The molecule has 88 valence electrons. The number of hydrogen-bond donors (Lipinski definition) is 1. The van der Waals surface area contributed by atoms with Gasteiger partial charge < -0.3 is 15.4 Å².